The van der Waals surface area contributed by atoms with Crippen LogP contribution in [-0.4, -0.2) is 62.0 Å². The second kappa shape index (κ2) is 8.43. The maximum Gasteiger partial charge on any atom is 0.317 e. The number of likely N-dealkylation sites (tertiary alicyclic amines) is 1. The molecular formula is C19H29N3O3. The minimum absolute atomic E-state index is 0.0221. The summed E-state index contributed by atoms with van der Waals surface area (Å²) in [5.74, 6) is 1.13. The number of nitrogens with zero attached hydrogens (tertiary/aromatic N) is 2. The molecule has 2 N–H and O–H groups in total. The van der Waals surface area contributed by atoms with Gasteiger partial charge >= 0.3 is 6.03 Å². The van der Waals surface area contributed by atoms with Crippen LogP contribution in [0.4, 0.5) is 10.5 Å². The highest BCUT2D eigenvalue weighted by Gasteiger charge is 2.27. The highest BCUT2D eigenvalue weighted by molar-refractivity contribution is 5.74. The van der Waals surface area contributed by atoms with Crippen LogP contribution in [0.5, 0.6) is 5.75 Å². The van der Waals surface area contributed by atoms with Crippen molar-refractivity contribution in [3.8, 4) is 5.75 Å². The zero-order valence-electron chi connectivity index (χ0n) is 15.0. The smallest absolute Gasteiger partial charge is 0.317 e. The number of urea groups is 1. The van der Waals surface area contributed by atoms with Gasteiger partial charge in [-0.3, -0.25) is 0 Å². The summed E-state index contributed by atoms with van der Waals surface area (Å²) < 4.78 is 5.45. The minimum Gasteiger partial charge on any atom is -0.495 e. The van der Waals surface area contributed by atoms with Crippen molar-refractivity contribution in [2.24, 2.45) is 5.92 Å². The van der Waals surface area contributed by atoms with Crippen molar-refractivity contribution in [2.75, 3.05) is 44.8 Å². The van der Waals surface area contributed by atoms with Crippen LogP contribution in [0.15, 0.2) is 24.3 Å². The second-order valence-corrected chi connectivity index (χ2v) is 7.02. The Kier molecular flexibility index (Phi) is 6.02. The highest BCUT2D eigenvalue weighted by atomic mass is 16.5. The number of hydrogen-bond donors (Lipinski definition) is 2. The van der Waals surface area contributed by atoms with Gasteiger partial charge in [-0.15, -0.1) is 0 Å². The average molecular weight is 347 g/mol. The molecule has 2 aliphatic heterocycles. The van der Waals surface area contributed by atoms with Crippen LogP contribution in [0.3, 0.4) is 0 Å². The summed E-state index contributed by atoms with van der Waals surface area (Å²) in [7, 11) is 1.70. The van der Waals surface area contributed by atoms with Crippen molar-refractivity contribution >= 4 is 11.7 Å². The van der Waals surface area contributed by atoms with E-state index in [0.29, 0.717) is 6.54 Å². The molecule has 0 spiro atoms. The Morgan fingerprint density at radius 1 is 1.24 bits per heavy atom. The number of nitrogens with one attached hydrogen (secondary N) is 1. The Labute approximate surface area is 149 Å². The van der Waals surface area contributed by atoms with Crippen LogP contribution < -0.4 is 15.0 Å². The number of piperidine rings is 2. The summed E-state index contributed by atoms with van der Waals surface area (Å²) >= 11 is 0. The molecule has 1 atom stereocenters. The quantitative estimate of drug-likeness (QED) is 0.875. The lowest BCUT2D eigenvalue weighted by molar-refractivity contribution is 0.127. The number of carbonyl (C=O) groups excluding carboxylic acids is 1. The number of rotatable bonds is 4. The van der Waals surface area contributed by atoms with Gasteiger partial charge in [0, 0.05) is 38.8 Å². The summed E-state index contributed by atoms with van der Waals surface area (Å²) in [5.41, 5.74) is 1.12. The molecule has 2 fully saturated rings. The van der Waals surface area contributed by atoms with Gasteiger partial charge in [-0.05, 0) is 43.7 Å². The SMILES string of the molecule is COc1ccccc1N1CCC(NC(=O)N2CCCC(CO)C2)CC1. The van der Waals surface area contributed by atoms with E-state index in [0.717, 1.165) is 56.8 Å². The summed E-state index contributed by atoms with van der Waals surface area (Å²) in [6.07, 6.45) is 3.85. The Morgan fingerprint density at radius 2 is 2.00 bits per heavy atom. The Hall–Kier alpha value is -1.95. The normalized spacial score (nSPS) is 21.9. The molecule has 6 nitrogen and oxygen atoms in total. The molecule has 2 heterocycles. The van der Waals surface area contributed by atoms with Crippen LogP contribution in [0, 0.1) is 5.92 Å². The van der Waals surface area contributed by atoms with Crippen molar-refractivity contribution in [3.05, 3.63) is 24.3 Å². The van der Waals surface area contributed by atoms with Gasteiger partial charge in [0.1, 0.15) is 5.75 Å². The molecule has 2 amide bonds. The predicted octanol–water partition coefficient (Wildman–Crippen LogP) is 2.08. The number of para-hydroxylation sites is 2. The lowest BCUT2D eigenvalue weighted by Crippen LogP contribution is -2.51. The fourth-order valence-electron chi connectivity index (χ4n) is 3.82. The van der Waals surface area contributed by atoms with Crippen LogP contribution in [-0.2, 0) is 0 Å². The number of hydrogen-bond acceptors (Lipinski definition) is 4. The Morgan fingerprint density at radius 3 is 2.72 bits per heavy atom. The van der Waals surface area contributed by atoms with Gasteiger partial charge in [0.15, 0.2) is 0 Å². The van der Waals surface area contributed by atoms with E-state index >= 15 is 0 Å². The van der Waals surface area contributed by atoms with Crippen LogP contribution >= 0.6 is 0 Å². The van der Waals surface area contributed by atoms with Crippen LogP contribution in [0.1, 0.15) is 25.7 Å². The standard InChI is InChI=1S/C19H29N3O3/c1-25-18-7-3-2-6-17(18)21-11-8-16(9-12-21)20-19(24)22-10-4-5-15(13-22)14-23/h2-3,6-7,15-16,23H,4-5,8-14H2,1H3,(H,20,24). The topological polar surface area (TPSA) is 65.0 Å². The molecule has 6 heteroatoms. The van der Waals surface area contributed by atoms with E-state index in [1.165, 1.54) is 0 Å². The maximum atomic E-state index is 12.5. The van der Waals surface area contributed by atoms with Gasteiger partial charge in [0.05, 0.1) is 12.8 Å². The molecule has 0 aliphatic carbocycles. The third kappa shape index (κ3) is 4.37. The van der Waals surface area contributed by atoms with E-state index < -0.39 is 0 Å². The van der Waals surface area contributed by atoms with Crippen LogP contribution in [0.2, 0.25) is 0 Å². The largest absolute Gasteiger partial charge is 0.495 e. The molecule has 0 radical (unpaired) electrons. The third-order valence-electron chi connectivity index (χ3n) is 5.31. The molecular weight excluding hydrogens is 318 g/mol. The lowest BCUT2D eigenvalue weighted by atomic mass is 9.99. The van der Waals surface area contributed by atoms with E-state index in [-0.39, 0.29) is 24.6 Å². The van der Waals surface area contributed by atoms with Crippen molar-refractivity contribution in [2.45, 2.75) is 31.7 Å². The average Bonchev–Trinajstić information content (AvgIpc) is 2.68. The van der Waals surface area contributed by atoms with Crippen molar-refractivity contribution in [3.63, 3.8) is 0 Å². The second-order valence-electron chi connectivity index (χ2n) is 7.02. The maximum absolute atomic E-state index is 12.5. The van der Waals surface area contributed by atoms with E-state index in [4.69, 9.17) is 4.74 Å². The fraction of sp³-hybridized carbons (Fsp3) is 0.632. The molecule has 1 aromatic rings. The van der Waals surface area contributed by atoms with Gasteiger partial charge < -0.3 is 25.0 Å². The van der Waals surface area contributed by atoms with E-state index in [1.54, 1.807) is 7.11 Å². The minimum atomic E-state index is 0.0221. The monoisotopic (exact) mass is 347 g/mol. The van der Waals surface area contributed by atoms with Gasteiger partial charge in [-0.2, -0.15) is 0 Å². The first-order chi connectivity index (χ1) is 12.2. The summed E-state index contributed by atoms with van der Waals surface area (Å²) in [4.78, 5) is 16.7. The zero-order chi connectivity index (χ0) is 17.6. The first-order valence-corrected chi connectivity index (χ1v) is 9.25. The molecule has 1 unspecified atom stereocenters. The molecule has 1 aromatic carbocycles. The number of methoxy groups -OCH3 is 1. The number of carbonyl (C=O) groups is 1. The van der Waals surface area contributed by atoms with E-state index in [9.17, 15) is 9.90 Å². The van der Waals surface area contributed by atoms with E-state index in [1.807, 2.05) is 23.1 Å². The van der Waals surface area contributed by atoms with Crippen molar-refractivity contribution in [1.29, 1.82) is 0 Å². The molecule has 2 aliphatic rings. The predicted molar refractivity (Wildman–Crippen MR) is 98.1 cm³/mol. The Balaban J connectivity index is 1.50. The van der Waals surface area contributed by atoms with Gasteiger partial charge in [-0.1, -0.05) is 12.1 Å². The van der Waals surface area contributed by atoms with Gasteiger partial charge in [0.2, 0.25) is 0 Å². The van der Waals surface area contributed by atoms with Crippen molar-refractivity contribution in [1.82, 2.24) is 10.2 Å². The molecule has 2 saturated heterocycles. The van der Waals surface area contributed by atoms with Crippen molar-refractivity contribution < 1.29 is 14.6 Å². The molecule has 0 saturated carbocycles. The number of aliphatic hydroxyl groups excluding tert-OH is 1. The fourth-order valence-corrected chi connectivity index (χ4v) is 3.82. The lowest BCUT2D eigenvalue weighted by Gasteiger charge is -2.37. The molecule has 0 aromatic heterocycles. The number of amides is 2. The van der Waals surface area contributed by atoms with Crippen LogP contribution in [0.25, 0.3) is 0 Å². The molecule has 138 valence electrons. The summed E-state index contributed by atoms with van der Waals surface area (Å²) in [6.45, 7) is 3.45. The third-order valence-corrected chi connectivity index (χ3v) is 5.31. The van der Waals surface area contributed by atoms with Gasteiger partial charge in [-0.25, -0.2) is 4.79 Å². The number of ether oxygens (including phenoxy) is 1. The molecule has 25 heavy (non-hydrogen) atoms. The van der Waals surface area contributed by atoms with E-state index in [2.05, 4.69) is 16.3 Å². The first-order valence-electron chi connectivity index (χ1n) is 9.25. The first kappa shape index (κ1) is 17.9. The zero-order valence-corrected chi connectivity index (χ0v) is 15.0. The summed E-state index contributed by atoms with van der Waals surface area (Å²) in [5, 5.41) is 12.5. The molecule has 0 bridgehead atoms. The number of anilines is 1. The highest BCUT2D eigenvalue weighted by Crippen LogP contribution is 2.30. The van der Waals surface area contributed by atoms with Gasteiger partial charge in [0.25, 0.3) is 0 Å². The number of benzene rings is 1. The summed E-state index contributed by atoms with van der Waals surface area (Å²) in [6, 6.07) is 8.31. The Bertz CT molecular complexity index is 573. The number of aliphatic hydroxyl groups is 1. The molecule has 3 rings (SSSR count).